The van der Waals surface area contributed by atoms with Gasteiger partial charge in [-0.05, 0) is 20.9 Å². The molecule has 27 heavy (non-hydrogen) atoms. The van der Waals surface area contributed by atoms with Gasteiger partial charge in [0.05, 0.1) is 6.54 Å². The minimum atomic E-state index is -4.40. The van der Waals surface area contributed by atoms with Crippen LogP contribution in [0.1, 0.15) is 24.5 Å². The fourth-order valence-corrected chi connectivity index (χ4v) is 3.36. The smallest absolute Gasteiger partial charge is 0.357 e. The molecule has 1 saturated heterocycles. The first-order valence-corrected chi connectivity index (χ1v) is 9.64. The number of alkyl halides is 3. The van der Waals surface area contributed by atoms with Gasteiger partial charge in [0.2, 0.25) is 0 Å². The largest absolute Gasteiger partial charge is 0.434 e. The lowest BCUT2D eigenvalue weighted by Gasteiger charge is -2.36. The summed E-state index contributed by atoms with van der Waals surface area (Å²) >= 11 is 0.977. The first kappa shape index (κ1) is 24.4. The van der Waals surface area contributed by atoms with Crippen LogP contribution in [0.15, 0.2) is 10.4 Å². The van der Waals surface area contributed by atoms with Gasteiger partial charge in [0.25, 0.3) is 0 Å². The minimum absolute atomic E-state index is 0. The maximum atomic E-state index is 12.6. The van der Waals surface area contributed by atoms with Gasteiger partial charge < -0.3 is 15.5 Å². The molecule has 0 radical (unpaired) electrons. The number of hydrogen-bond donors (Lipinski definition) is 2. The van der Waals surface area contributed by atoms with Gasteiger partial charge in [0, 0.05) is 50.7 Å². The van der Waals surface area contributed by atoms with E-state index in [9.17, 15) is 13.2 Å². The van der Waals surface area contributed by atoms with E-state index in [0.717, 1.165) is 49.4 Å². The molecule has 0 aliphatic carbocycles. The molecular weight excluding hydrogens is 492 g/mol. The standard InChI is InChI=1S/C16H27F3N6S.HI/c1-4-20-15(21-9-12(2)25-7-5-24(3)6-8-25)22-10-14-23-13(11-26-14)16(17,18)19;/h11-12H,4-10H2,1-3H3,(H2,20,21,22);1H. The molecule has 1 aromatic rings. The average molecular weight is 520 g/mol. The summed E-state index contributed by atoms with van der Waals surface area (Å²) in [6.45, 7) is 9.83. The Morgan fingerprint density at radius 1 is 1.30 bits per heavy atom. The van der Waals surface area contributed by atoms with E-state index < -0.39 is 11.9 Å². The van der Waals surface area contributed by atoms with Gasteiger partial charge in [0.15, 0.2) is 11.7 Å². The SMILES string of the molecule is CCNC(=NCc1nc(C(F)(F)F)cs1)NCC(C)N1CCN(C)CC1.I. The van der Waals surface area contributed by atoms with Crippen LogP contribution in [0.4, 0.5) is 13.2 Å². The Balaban J connectivity index is 0.00000364. The van der Waals surface area contributed by atoms with Crippen molar-refractivity contribution in [3.63, 3.8) is 0 Å². The monoisotopic (exact) mass is 520 g/mol. The fraction of sp³-hybridized carbons (Fsp3) is 0.750. The molecule has 0 spiro atoms. The summed E-state index contributed by atoms with van der Waals surface area (Å²) in [6, 6.07) is 0.351. The zero-order chi connectivity index (χ0) is 19.2. The topological polar surface area (TPSA) is 55.8 Å². The van der Waals surface area contributed by atoms with Crippen molar-refractivity contribution >= 4 is 41.3 Å². The Hall–Kier alpha value is -0.660. The number of likely N-dealkylation sites (N-methyl/N-ethyl adjacent to an activating group) is 1. The normalized spacial score (nSPS) is 18.1. The van der Waals surface area contributed by atoms with Crippen molar-refractivity contribution in [1.29, 1.82) is 0 Å². The second kappa shape index (κ2) is 11.4. The molecule has 6 nitrogen and oxygen atoms in total. The zero-order valence-electron chi connectivity index (χ0n) is 15.8. The van der Waals surface area contributed by atoms with E-state index >= 15 is 0 Å². The number of hydrogen-bond acceptors (Lipinski definition) is 5. The third-order valence-electron chi connectivity index (χ3n) is 4.28. The van der Waals surface area contributed by atoms with Crippen LogP contribution in [0.2, 0.25) is 0 Å². The average Bonchev–Trinajstić information content (AvgIpc) is 3.07. The lowest BCUT2D eigenvalue weighted by atomic mass is 10.2. The Morgan fingerprint density at radius 3 is 2.52 bits per heavy atom. The van der Waals surface area contributed by atoms with E-state index in [1.54, 1.807) is 0 Å². The van der Waals surface area contributed by atoms with Crippen molar-refractivity contribution in [3.8, 4) is 0 Å². The van der Waals surface area contributed by atoms with E-state index in [1.807, 2.05) is 6.92 Å². The summed E-state index contributed by atoms with van der Waals surface area (Å²) in [5.41, 5.74) is -0.852. The molecule has 1 aromatic heterocycles. The number of nitrogens with one attached hydrogen (secondary N) is 2. The zero-order valence-corrected chi connectivity index (χ0v) is 19.0. The molecule has 1 aliphatic heterocycles. The molecule has 0 amide bonds. The lowest BCUT2D eigenvalue weighted by molar-refractivity contribution is -0.140. The van der Waals surface area contributed by atoms with Crippen LogP contribution in [-0.4, -0.2) is 73.1 Å². The molecule has 0 bridgehead atoms. The fourth-order valence-electron chi connectivity index (χ4n) is 2.64. The molecule has 156 valence electrons. The molecular formula is C16H28F3IN6S. The van der Waals surface area contributed by atoms with E-state index in [2.05, 4.69) is 44.4 Å². The third kappa shape index (κ3) is 8.08. The number of aliphatic imine (C=N–C) groups is 1. The maximum Gasteiger partial charge on any atom is 0.434 e. The Labute approximate surface area is 179 Å². The molecule has 2 heterocycles. The van der Waals surface area contributed by atoms with Gasteiger partial charge >= 0.3 is 6.18 Å². The van der Waals surface area contributed by atoms with Gasteiger partial charge in [-0.25, -0.2) is 9.98 Å². The van der Waals surface area contributed by atoms with Crippen molar-refractivity contribution in [2.75, 3.05) is 46.3 Å². The first-order valence-electron chi connectivity index (χ1n) is 8.76. The summed E-state index contributed by atoms with van der Waals surface area (Å²) in [5.74, 6) is 0.595. The molecule has 1 aliphatic rings. The van der Waals surface area contributed by atoms with Crippen LogP contribution in [0.25, 0.3) is 0 Å². The summed E-state index contributed by atoms with van der Waals surface area (Å²) in [5, 5.41) is 7.77. The van der Waals surface area contributed by atoms with E-state index in [0.29, 0.717) is 23.6 Å². The van der Waals surface area contributed by atoms with Gasteiger partial charge in [-0.15, -0.1) is 35.3 Å². The van der Waals surface area contributed by atoms with Crippen molar-refractivity contribution in [2.45, 2.75) is 32.6 Å². The molecule has 11 heteroatoms. The number of piperazine rings is 1. The van der Waals surface area contributed by atoms with Gasteiger partial charge in [-0.3, -0.25) is 4.90 Å². The van der Waals surface area contributed by atoms with Crippen LogP contribution in [-0.2, 0) is 12.7 Å². The first-order chi connectivity index (χ1) is 12.3. The highest BCUT2D eigenvalue weighted by molar-refractivity contribution is 14.0. The van der Waals surface area contributed by atoms with Crippen molar-refractivity contribution in [3.05, 3.63) is 16.1 Å². The molecule has 1 fully saturated rings. The molecule has 2 rings (SSSR count). The second-order valence-electron chi connectivity index (χ2n) is 6.39. The number of aromatic nitrogens is 1. The number of nitrogens with zero attached hydrogens (tertiary/aromatic N) is 4. The van der Waals surface area contributed by atoms with Crippen LogP contribution in [0.5, 0.6) is 0 Å². The third-order valence-corrected chi connectivity index (χ3v) is 5.12. The van der Waals surface area contributed by atoms with Gasteiger partial charge in [-0.1, -0.05) is 0 Å². The summed E-state index contributed by atoms with van der Waals surface area (Å²) < 4.78 is 37.8. The Bertz CT molecular complexity index is 587. The van der Waals surface area contributed by atoms with Crippen molar-refractivity contribution in [2.24, 2.45) is 4.99 Å². The van der Waals surface area contributed by atoms with Gasteiger partial charge in [0.1, 0.15) is 5.01 Å². The highest BCUT2D eigenvalue weighted by atomic mass is 127. The minimum Gasteiger partial charge on any atom is -0.357 e. The summed E-state index contributed by atoms with van der Waals surface area (Å²) in [4.78, 5) is 12.7. The maximum absolute atomic E-state index is 12.6. The number of thiazole rings is 1. The quantitative estimate of drug-likeness (QED) is 0.343. The van der Waals surface area contributed by atoms with Crippen LogP contribution < -0.4 is 10.6 Å². The van der Waals surface area contributed by atoms with Crippen molar-refractivity contribution < 1.29 is 13.2 Å². The van der Waals surface area contributed by atoms with Crippen LogP contribution in [0, 0.1) is 0 Å². The van der Waals surface area contributed by atoms with E-state index in [1.165, 1.54) is 0 Å². The van der Waals surface area contributed by atoms with E-state index in [-0.39, 0.29) is 30.5 Å². The van der Waals surface area contributed by atoms with Crippen LogP contribution >= 0.6 is 35.3 Å². The number of rotatable bonds is 6. The molecule has 0 saturated carbocycles. The molecule has 1 unspecified atom stereocenters. The summed E-state index contributed by atoms with van der Waals surface area (Å²) in [6.07, 6.45) is -4.40. The second-order valence-corrected chi connectivity index (χ2v) is 7.33. The number of guanidine groups is 1. The van der Waals surface area contributed by atoms with Gasteiger partial charge in [-0.2, -0.15) is 13.2 Å². The Morgan fingerprint density at radius 2 is 1.96 bits per heavy atom. The summed E-state index contributed by atoms with van der Waals surface area (Å²) in [7, 11) is 2.12. The predicted octanol–water partition coefficient (Wildman–Crippen LogP) is 2.47. The molecule has 2 N–H and O–H groups in total. The van der Waals surface area contributed by atoms with Crippen LogP contribution in [0.3, 0.4) is 0 Å². The Kier molecular flexibility index (Phi) is 10.3. The van der Waals surface area contributed by atoms with E-state index in [4.69, 9.17) is 0 Å². The molecule has 0 aromatic carbocycles. The predicted molar refractivity (Wildman–Crippen MR) is 114 cm³/mol. The lowest BCUT2D eigenvalue weighted by Crippen LogP contribution is -2.52. The highest BCUT2D eigenvalue weighted by Crippen LogP contribution is 2.30. The van der Waals surface area contributed by atoms with Crippen molar-refractivity contribution in [1.82, 2.24) is 25.4 Å². The number of halogens is 4. The molecule has 1 atom stereocenters. The highest BCUT2D eigenvalue weighted by Gasteiger charge is 2.33.